The predicted octanol–water partition coefficient (Wildman–Crippen LogP) is -0.285. The Kier molecular flexibility index (Phi) is 3.40. The Morgan fingerprint density at radius 1 is 1.40 bits per heavy atom. The van der Waals surface area contributed by atoms with E-state index in [4.69, 9.17) is 4.74 Å². The SMILES string of the molecule is CC(C)(C)OC(=O)[C@H]1CNCCS1(=O)=O. The number of sulfone groups is 1. The van der Waals surface area contributed by atoms with Crippen molar-refractivity contribution in [2.75, 3.05) is 18.8 Å². The van der Waals surface area contributed by atoms with Crippen molar-refractivity contribution in [2.45, 2.75) is 31.6 Å². The van der Waals surface area contributed by atoms with Crippen LogP contribution in [0.1, 0.15) is 20.8 Å². The van der Waals surface area contributed by atoms with Crippen molar-refractivity contribution in [3.05, 3.63) is 0 Å². The largest absolute Gasteiger partial charge is 0.459 e. The van der Waals surface area contributed by atoms with E-state index in [2.05, 4.69) is 5.32 Å². The Morgan fingerprint density at radius 2 is 2.00 bits per heavy atom. The van der Waals surface area contributed by atoms with Gasteiger partial charge in [0.05, 0.1) is 5.75 Å². The van der Waals surface area contributed by atoms with Crippen LogP contribution in [0, 0.1) is 0 Å². The molecule has 0 unspecified atom stereocenters. The third-order valence-electron chi connectivity index (χ3n) is 2.00. The molecule has 0 aliphatic carbocycles. The second-order valence-electron chi connectivity index (χ2n) is 4.59. The molecule has 0 saturated carbocycles. The van der Waals surface area contributed by atoms with Crippen LogP contribution in [0.5, 0.6) is 0 Å². The molecule has 1 heterocycles. The van der Waals surface area contributed by atoms with Crippen molar-refractivity contribution in [1.29, 1.82) is 0 Å². The lowest BCUT2D eigenvalue weighted by Gasteiger charge is -2.26. The summed E-state index contributed by atoms with van der Waals surface area (Å²) in [6, 6.07) is 0. The number of hydrogen-bond acceptors (Lipinski definition) is 5. The van der Waals surface area contributed by atoms with E-state index >= 15 is 0 Å². The second kappa shape index (κ2) is 4.09. The van der Waals surface area contributed by atoms with Crippen LogP contribution in [-0.2, 0) is 19.4 Å². The van der Waals surface area contributed by atoms with Gasteiger partial charge < -0.3 is 10.1 Å². The zero-order chi connectivity index (χ0) is 11.7. The van der Waals surface area contributed by atoms with E-state index in [1.807, 2.05) is 0 Å². The third-order valence-corrected chi connectivity index (χ3v) is 4.00. The summed E-state index contributed by atoms with van der Waals surface area (Å²) in [7, 11) is -3.33. The average molecular weight is 235 g/mol. The topological polar surface area (TPSA) is 72.5 Å². The molecule has 0 amide bonds. The van der Waals surface area contributed by atoms with Gasteiger partial charge in [-0.15, -0.1) is 0 Å². The van der Waals surface area contributed by atoms with Gasteiger partial charge in [0.25, 0.3) is 0 Å². The highest BCUT2D eigenvalue weighted by molar-refractivity contribution is 7.92. The van der Waals surface area contributed by atoms with Gasteiger partial charge >= 0.3 is 5.97 Å². The van der Waals surface area contributed by atoms with Crippen molar-refractivity contribution < 1.29 is 17.9 Å². The quantitative estimate of drug-likeness (QED) is 0.633. The summed E-state index contributed by atoms with van der Waals surface area (Å²) in [4.78, 5) is 11.6. The molecule has 1 atom stereocenters. The minimum absolute atomic E-state index is 0.00307. The maximum atomic E-state index is 11.6. The molecule has 1 aliphatic heterocycles. The first kappa shape index (κ1) is 12.4. The van der Waals surface area contributed by atoms with Crippen molar-refractivity contribution in [3.8, 4) is 0 Å². The maximum absolute atomic E-state index is 11.6. The van der Waals surface area contributed by atoms with Crippen LogP contribution >= 0.6 is 0 Å². The highest BCUT2D eigenvalue weighted by atomic mass is 32.2. The molecule has 1 aliphatic rings. The lowest BCUT2D eigenvalue weighted by atomic mass is 10.2. The number of rotatable bonds is 1. The zero-order valence-corrected chi connectivity index (χ0v) is 10.1. The van der Waals surface area contributed by atoms with Gasteiger partial charge in [-0.2, -0.15) is 0 Å². The van der Waals surface area contributed by atoms with Crippen molar-refractivity contribution >= 4 is 15.8 Å². The Balaban J connectivity index is 2.74. The monoisotopic (exact) mass is 235 g/mol. The molecular weight excluding hydrogens is 218 g/mol. The van der Waals surface area contributed by atoms with Crippen LogP contribution in [0.15, 0.2) is 0 Å². The molecule has 0 bridgehead atoms. The molecule has 0 aromatic rings. The third kappa shape index (κ3) is 3.46. The number of carbonyl (C=O) groups is 1. The first-order valence-electron chi connectivity index (χ1n) is 4.87. The Bertz CT molecular complexity index is 342. The first-order valence-corrected chi connectivity index (χ1v) is 6.59. The van der Waals surface area contributed by atoms with E-state index in [1.165, 1.54) is 0 Å². The molecule has 0 aromatic carbocycles. The van der Waals surface area contributed by atoms with Crippen molar-refractivity contribution in [2.24, 2.45) is 0 Å². The summed E-state index contributed by atoms with van der Waals surface area (Å²) in [6.45, 7) is 5.70. The minimum Gasteiger partial charge on any atom is -0.459 e. The van der Waals surface area contributed by atoms with Gasteiger partial charge in [-0.3, -0.25) is 4.79 Å². The molecule has 15 heavy (non-hydrogen) atoms. The number of nitrogens with one attached hydrogen (secondary N) is 1. The number of hydrogen-bond donors (Lipinski definition) is 1. The van der Waals surface area contributed by atoms with E-state index in [0.717, 1.165) is 0 Å². The number of ether oxygens (including phenoxy) is 1. The lowest BCUT2D eigenvalue weighted by Crippen LogP contribution is -2.50. The number of carbonyl (C=O) groups excluding carboxylic acids is 1. The maximum Gasteiger partial charge on any atom is 0.326 e. The molecule has 0 radical (unpaired) electrons. The predicted molar refractivity (Wildman–Crippen MR) is 56.3 cm³/mol. The van der Waals surface area contributed by atoms with E-state index in [1.54, 1.807) is 20.8 Å². The average Bonchev–Trinajstić information content (AvgIpc) is 1.99. The highest BCUT2D eigenvalue weighted by Crippen LogP contribution is 2.14. The van der Waals surface area contributed by atoms with E-state index in [0.29, 0.717) is 6.54 Å². The van der Waals surface area contributed by atoms with Gasteiger partial charge in [-0.05, 0) is 20.8 Å². The van der Waals surface area contributed by atoms with Crippen molar-refractivity contribution in [1.82, 2.24) is 5.32 Å². The smallest absolute Gasteiger partial charge is 0.326 e. The van der Waals surface area contributed by atoms with E-state index < -0.39 is 26.7 Å². The molecule has 0 aromatic heterocycles. The lowest BCUT2D eigenvalue weighted by molar-refractivity contribution is -0.154. The summed E-state index contributed by atoms with van der Waals surface area (Å²) in [5, 5.41) is 1.83. The zero-order valence-electron chi connectivity index (χ0n) is 9.24. The van der Waals surface area contributed by atoms with Gasteiger partial charge in [0.1, 0.15) is 5.60 Å². The fourth-order valence-corrected chi connectivity index (χ4v) is 2.74. The van der Waals surface area contributed by atoms with Crippen LogP contribution in [0.3, 0.4) is 0 Å². The van der Waals surface area contributed by atoms with Gasteiger partial charge in [-0.25, -0.2) is 8.42 Å². The van der Waals surface area contributed by atoms with Gasteiger partial charge in [0.2, 0.25) is 0 Å². The molecule has 0 spiro atoms. The fourth-order valence-electron chi connectivity index (χ4n) is 1.31. The summed E-state index contributed by atoms with van der Waals surface area (Å²) >= 11 is 0. The molecule has 6 heteroatoms. The van der Waals surface area contributed by atoms with Crippen LogP contribution in [0.25, 0.3) is 0 Å². The summed E-state index contributed by atoms with van der Waals surface area (Å²) in [5.41, 5.74) is -0.649. The Morgan fingerprint density at radius 3 is 2.47 bits per heavy atom. The molecule has 1 fully saturated rings. The van der Waals surface area contributed by atoms with Crippen LogP contribution in [0.2, 0.25) is 0 Å². The molecule has 1 N–H and O–H groups in total. The molecule has 5 nitrogen and oxygen atoms in total. The molecule has 1 rings (SSSR count). The summed E-state index contributed by atoms with van der Waals surface area (Å²) in [5.74, 6) is -0.661. The highest BCUT2D eigenvalue weighted by Gasteiger charge is 2.37. The van der Waals surface area contributed by atoms with Crippen molar-refractivity contribution in [3.63, 3.8) is 0 Å². The Hall–Kier alpha value is -0.620. The fraction of sp³-hybridized carbons (Fsp3) is 0.889. The molecule has 88 valence electrons. The van der Waals surface area contributed by atoms with E-state index in [9.17, 15) is 13.2 Å². The number of esters is 1. The standard InChI is InChI=1S/C9H17NO4S/c1-9(2,3)14-8(11)7-6-10-4-5-15(7,12)13/h7,10H,4-6H2,1-3H3/t7-/m1/s1. The van der Waals surface area contributed by atoms with Gasteiger partial charge in [-0.1, -0.05) is 0 Å². The second-order valence-corrected chi connectivity index (χ2v) is 6.90. The van der Waals surface area contributed by atoms with Gasteiger partial charge in [0.15, 0.2) is 15.1 Å². The summed E-state index contributed by atoms with van der Waals surface area (Å²) in [6.07, 6.45) is 0. The van der Waals surface area contributed by atoms with E-state index in [-0.39, 0.29) is 12.3 Å². The van der Waals surface area contributed by atoms with Crippen LogP contribution in [0.4, 0.5) is 0 Å². The Labute approximate surface area is 90.1 Å². The summed E-state index contributed by atoms with van der Waals surface area (Å²) < 4.78 is 28.2. The molecular formula is C9H17NO4S. The molecule has 1 saturated heterocycles. The van der Waals surface area contributed by atoms with Gasteiger partial charge in [0, 0.05) is 13.1 Å². The minimum atomic E-state index is -3.33. The first-order chi connectivity index (χ1) is 6.72. The normalized spacial score (nSPS) is 25.9. The van der Waals surface area contributed by atoms with Crippen LogP contribution in [-0.4, -0.2) is 44.1 Å². The van der Waals surface area contributed by atoms with Crippen LogP contribution < -0.4 is 5.32 Å².